The molecule has 2 aromatic heterocycles. The number of methoxy groups -OCH3 is 1. The van der Waals surface area contributed by atoms with E-state index in [-0.39, 0.29) is 11.6 Å². The third-order valence-electron chi connectivity index (χ3n) is 6.46. The number of alkyl halides is 3. The first kappa shape index (κ1) is 26.0. The number of rotatable bonds is 8. The van der Waals surface area contributed by atoms with Crippen molar-refractivity contribution in [2.75, 3.05) is 53.0 Å². The largest absolute Gasteiger partial charge is 0.493 e. The maximum absolute atomic E-state index is 15.1. The number of ether oxygens (including phenoxy) is 3. The lowest BCUT2D eigenvalue weighted by Gasteiger charge is -2.34. The van der Waals surface area contributed by atoms with Gasteiger partial charge in [-0.2, -0.15) is 13.2 Å². The number of piperazine rings is 1. The highest BCUT2D eigenvalue weighted by Crippen LogP contribution is 2.37. The average Bonchev–Trinajstić information content (AvgIpc) is 3.27. The smallest absolute Gasteiger partial charge is 0.401 e. The molecule has 1 N–H and O–H groups in total. The number of nitrogens with one attached hydrogen (secondary N) is 1. The van der Waals surface area contributed by atoms with Crippen molar-refractivity contribution in [1.82, 2.24) is 24.8 Å². The number of fused-ring (bicyclic) bond motifs is 2. The minimum atomic E-state index is -4.18. The van der Waals surface area contributed by atoms with Crippen LogP contribution < -0.4 is 14.2 Å². The van der Waals surface area contributed by atoms with Crippen LogP contribution in [0.25, 0.3) is 21.8 Å². The zero-order chi connectivity index (χ0) is 26.9. The van der Waals surface area contributed by atoms with Gasteiger partial charge in [0.15, 0.2) is 23.1 Å². The van der Waals surface area contributed by atoms with Gasteiger partial charge in [0, 0.05) is 55.4 Å². The molecule has 1 aliphatic rings. The van der Waals surface area contributed by atoms with E-state index < -0.39 is 18.5 Å². The van der Waals surface area contributed by atoms with Gasteiger partial charge < -0.3 is 19.2 Å². The zero-order valence-electron chi connectivity index (χ0n) is 20.9. The van der Waals surface area contributed by atoms with Crippen LogP contribution in [0.3, 0.4) is 0 Å². The summed E-state index contributed by atoms with van der Waals surface area (Å²) in [6.45, 7) is 3.62. The van der Waals surface area contributed by atoms with Crippen molar-refractivity contribution in [2.45, 2.75) is 13.1 Å². The molecule has 0 amide bonds. The van der Waals surface area contributed by atoms with Gasteiger partial charge in [-0.1, -0.05) is 0 Å². The summed E-state index contributed by atoms with van der Waals surface area (Å²) in [5.41, 5.74) is 2.03. The van der Waals surface area contributed by atoms with Crippen molar-refractivity contribution in [3.8, 4) is 23.1 Å². The molecule has 0 spiro atoms. The van der Waals surface area contributed by atoms with Gasteiger partial charge >= 0.3 is 6.18 Å². The van der Waals surface area contributed by atoms with Gasteiger partial charge in [-0.3, -0.25) is 9.80 Å². The molecule has 4 aromatic rings. The van der Waals surface area contributed by atoms with Crippen LogP contribution in [0, 0.1) is 12.7 Å². The van der Waals surface area contributed by atoms with Crippen LogP contribution in [0.1, 0.15) is 5.69 Å². The number of nitrogens with zero attached hydrogens (tertiary/aromatic N) is 4. The van der Waals surface area contributed by atoms with Crippen molar-refractivity contribution >= 4 is 21.8 Å². The second kappa shape index (κ2) is 10.6. The van der Waals surface area contributed by atoms with E-state index in [4.69, 9.17) is 14.2 Å². The predicted molar refractivity (Wildman–Crippen MR) is 134 cm³/mol. The monoisotopic (exact) mass is 533 g/mol. The van der Waals surface area contributed by atoms with Crippen molar-refractivity contribution < 1.29 is 31.8 Å². The first-order valence-corrected chi connectivity index (χ1v) is 12.1. The van der Waals surface area contributed by atoms with Gasteiger partial charge in [-0.05, 0) is 31.2 Å². The molecule has 8 nitrogen and oxygen atoms in total. The second-order valence-electron chi connectivity index (χ2n) is 9.17. The Hall–Kier alpha value is -3.64. The molecule has 1 fully saturated rings. The summed E-state index contributed by atoms with van der Waals surface area (Å²) in [5.74, 6) is 0.582. The van der Waals surface area contributed by atoms with Crippen LogP contribution in [-0.4, -0.2) is 83.9 Å². The molecular weight excluding hydrogens is 506 g/mol. The Labute approximate surface area is 216 Å². The molecule has 1 aliphatic heterocycles. The Morgan fingerprint density at radius 3 is 2.45 bits per heavy atom. The lowest BCUT2D eigenvalue weighted by Crippen LogP contribution is -2.49. The Balaban J connectivity index is 1.27. The van der Waals surface area contributed by atoms with Crippen molar-refractivity contribution in [3.05, 3.63) is 48.2 Å². The summed E-state index contributed by atoms with van der Waals surface area (Å²) in [6.07, 6.45) is -2.86. The van der Waals surface area contributed by atoms with E-state index >= 15 is 4.39 Å². The van der Waals surface area contributed by atoms with Gasteiger partial charge in [0.05, 0.1) is 24.6 Å². The third-order valence-corrected chi connectivity index (χ3v) is 6.46. The van der Waals surface area contributed by atoms with Crippen LogP contribution in [0.5, 0.6) is 23.1 Å². The fourth-order valence-corrected chi connectivity index (χ4v) is 4.57. The van der Waals surface area contributed by atoms with E-state index in [1.54, 1.807) is 30.3 Å². The number of benzene rings is 2. The molecule has 0 bridgehead atoms. The summed E-state index contributed by atoms with van der Waals surface area (Å²) in [6, 6.07) is 8.36. The van der Waals surface area contributed by atoms with Crippen molar-refractivity contribution in [2.24, 2.45) is 0 Å². The molecule has 0 saturated carbocycles. The van der Waals surface area contributed by atoms with Crippen LogP contribution in [-0.2, 0) is 0 Å². The van der Waals surface area contributed by atoms with Crippen LogP contribution in [0.2, 0.25) is 0 Å². The molecule has 0 atom stereocenters. The fourth-order valence-electron chi connectivity index (χ4n) is 4.57. The quantitative estimate of drug-likeness (QED) is 0.323. The molecule has 1 saturated heterocycles. The average molecular weight is 534 g/mol. The predicted octanol–water partition coefficient (Wildman–Crippen LogP) is 4.92. The molecule has 12 heteroatoms. The Bertz CT molecular complexity index is 1430. The molecular formula is C26H27F4N5O3. The molecule has 0 radical (unpaired) electrons. The van der Waals surface area contributed by atoms with E-state index in [1.165, 1.54) is 18.3 Å². The second-order valence-corrected chi connectivity index (χ2v) is 9.17. The number of aryl methyl sites for hydroxylation is 1. The van der Waals surface area contributed by atoms with Gasteiger partial charge in [0.1, 0.15) is 12.9 Å². The van der Waals surface area contributed by atoms with Crippen molar-refractivity contribution in [1.29, 1.82) is 0 Å². The lowest BCUT2D eigenvalue weighted by molar-refractivity contribution is -0.149. The zero-order valence-corrected chi connectivity index (χ0v) is 20.9. The summed E-state index contributed by atoms with van der Waals surface area (Å²) in [7, 11) is 1.50. The number of H-pyrrole nitrogens is 1. The maximum Gasteiger partial charge on any atom is 0.401 e. The van der Waals surface area contributed by atoms with E-state index in [2.05, 4.69) is 19.9 Å². The van der Waals surface area contributed by atoms with Crippen LogP contribution in [0.15, 0.2) is 36.7 Å². The van der Waals surface area contributed by atoms with Crippen LogP contribution >= 0.6 is 0 Å². The normalized spacial score (nSPS) is 15.3. The third kappa shape index (κ3) is 5.76. The summed E-state index contributed by atoms with van der Waals surface area (Å²) in [5, 5.41) is 0.940. The Morgan fingerprint density at radius 2 is 1.71 bits per heavy atom. The standard InChI is InChI=1S/C26H27F4N5O3/c1-16-11-17-19(33-16)3-4-21(24(17)27)38-25-18-12-22(36-2)23(13-20(18)31-15-32-25)37-10-9-34-5-7-35(8-6-34)14-26(28,29)30/h3-4,11-13,15,33H,5-10,14H2,1-2H3. The molecule has 0 unspecified atom stereocenters. The Morgan fingerprint density at radius 1 is 0.947 bits per heavy atom. The summed E-state index contributed by atoms with van der Waals surface area (Å²) in [4.78, 5) is 15.1. The highest BCUT2D eigenvalue weighted by atomic mass is 19.4. The molecule has 5 rings (SSSR count). The van der Waals surface area contributed by atoms with Crippen molar-refractivity contribution in [3.63, 3.8) is 0 Å². The first-order chi connectivity index (χ1) is 18.2. The van der Waals surface area contributed by atoms with Gasteiger partial charge in [0.2, 0.25) is 5.88 Å². The van der Waals surface area contributed by atoms with E-state index in [9.17, 15) is 13.2 Å². The number of hydrogen-bond acceptors (Lipinski definition) is 7. The topological polar surface area (TPSA) is 75.7 Å². The summed E-state index contributed by atoms with van der Waals surface area (Å²) < 4.78 is 70.2. The minimum absolute atomic E-state index is 0.0334. The Kier molecular flexibility index (Phi) is 7.26. The van der Waals surface area contributed by atoms with Gasteiger partial charge in [-0.25, -0.2) is 14.4 Å². The van der Waals surface area contributed by atoms with Crippen LogP contribution in [0.4, 0.5) is 17.6 Å². The van der Waals surface area contributed by atoms with E-state index in [0.29, 0.717) is 72.6 Å². The number of halogens is 4. The number of aromatic nitrogens is 3. The molecule has 2 aromatic carbocycles. The maximum atomic E-state index is 15.1. The SMILES string of the molecule is COc1cc2c(Oc3ccc4[nH]c(C)cc4c3F)ncnc2cc1OCCN1CCN(CC(F)(F)F)CC1. The minimum Gasteiger partial charge on any atom is -0.493 e. The molecule has 202 valence electrons. The highest BCUT2D eigenvalue weighted by molar-refractivity contribution is 5.87. The first-order valence-electron chi connectivity index (χ1n) is 12.1. The molecule has 3 heterocycles. The number of aromatic amines is 1. The van der Waals surface area contributed by atoms with Gasteiger partial charge in [0.25, 0.3) is 0 Å². The summed E-state index contributed by atoms with van der Waals surface area (Å²) >= 11 is 0. The van der Waals surface area contributed by atoms with E-state index in [1.807, 2.05) is 6.92 Å². The molecule has 0 aliphatic carbocycles. The van der Waals surface area contributed by atoms with E-state index in [0.717, 1.165) is 5.69 Å². The highest BCUT2D eigenvalue weighted by Gasteiger charge is 2.32. The lowest BCUT2D eigenvalue weighted by atomic mass is 10.2. The molecule has 38 heavy (non-hydrogen) atoms. The van der Waals surface area contributed by atoms with Gasteiger partial charge in [-0.15, -0.1) is 0 Å². The number of hydrogen-bond donors (Lipinski definition) is 1. The fraction of sp³-hybridized carbons (Fsp3) is 0.385.